The minimum Gasteiger partial charge on any atom is -0.370 e. The number of carbonyl (C=O) groups excluding carboxylic acids is 1. The smallest absolute Gasteiger partial charge is 0.227 e. The molecule has 3 unspecified atom stereocenters. The van der Waals surface area contributed by atoms with Crippen LogP contribution in [0, 0.1) is 5.92 Å². The summed E-state index contributed by atoms with van der Waals surface area (Å²) in [6, 6.07) is 0.399. The Morgan fingerprint density at radius 1 is 1.14 bits per heavy atom. The van der Waals surface area contributed by atoms with E-state index < -0.39 is 0 Å². The largest absolute Gasteiger partial charge is 0.370 e. The van der Waals surface area contributed by atoms with E-state index in [4.69, 9.17) is 4.74 Å². The summed E-state index contributed by atoms with van der Waals surface area (Å²) in [6.45, 7) is 2.80. The number of amides is 1. The number of hydrogen-bond acceptors (Lipinski definition) is 3. The Labute approximate surface area is 127 Å². The van der Waals surface area contributed by atoms with Crippen LogP contribution in [0.4, 0.5) is 0 Å². The van der Waals surface area contributed by atoms with Crippen LogP contribution >= 0.6 is 0 Å². The standard InChI is InChI=1S/C17H28N2O2/c20-16-14-5-4-10-18-15(14)12-19(16)11-13-6-9-17(21-13)7-2-1-3-8-17/h13-15,18H,1-12H2. The first kappa shape index (κ1) is 14.0. The number of hydrogen-bond donors (Lipinski definition) is 1. The van der Waals surface area contributed by atoms with Gasteiger partial charge in [0.2, 0.25) is 5.91 Å². The summed E-state index contributed by atoms with van der Waals surface area (Å²) < 4.78 is 6.44. The summed E-state index contributed by atoms with van der Waals surface area (Å²) >= 11 is 0. The fourth-order valence-corrected chi connectivity index (χ4v) is 5.00. The molecule has 0 radical (unpaired) electrons. The van der Waals surface area contributed by atoms with Crippen LogP contribution in [0.15, 0.2) is 0 Å². The van der Waals surface area contributed by atoms with Gasteiger partial charge in [0.05, 0.1) is 17.6 Å². The Balaban J connectivity index is 1.35. The van der Waals surface area contributed by atoms with Crippen molar-refractivity contribution in [3.05, 3.63) is 0 Å². The molecule has 1 saturated carbocycles. The van der Waals surface area contributed by atoms with Gasteiger partial charge in [0.25, 0.3) is 0 Å². The van der Waals surface area contributed by atoms with E-state index in [0.29, 0.717) is 11.9 Å². The zero-order chi connectivity index (χ0) is 14.3. The van der Waals surface area contributed by atoms with Gasteiger partial charge in [-0.25, -0.2) is 0 Å². The second kappa shape index (κ2) is 5.54. The molecular formula is C17H28N2O2. The molecule has 4 nitrogen and oxygen atoms in total. The summed E-state index contributed by atoms with van der Waals surface area (Å²) in [6.07, 6.45) is 11.4. The quantitative estimate of drug-likeness (QED) is 0.847. The van der Waals surface area contributed by atoms with E-state index in [9.17, 15) is 4.79 Å². The van der Waals surface area contributed by atoms with Gasteiger partial charge in [-0.05, 0) is 45.1 Å². The van der Waals surface area contributed by atoms with Crippen LogP contribution in [-0.4, -0.2) is 48.2 Å². The van der Waals surface area contributed by atoms with Crippen molar-refractivity contribution in [2.24, 2.45) is 5.92 Å². The molecule has 0 bridgehead atoms. The second-order valence-electron chi connectivity index (χ2n) is 7.57. The van der Waals surface area contributed by atoms with Gasteiger partial charge >= 0.3 is 0 Å². The number of ether oxygens (including phenoxy) is 1. The lowest BCUT2D eigenvalue weighted by atomic mass is 9.83. The van der Waals surface area contributed by atoms with Crippen LogP contribution in [-0.2, 0) is 9.53 Å². The number of nitrogens with one attached hydrogen (secondary N) is 1. The van der Waals surface area contributed by atoms with Gasteiger partial charge < -0.3 is 15.0 Å². The van der Waals surface area contributed by atoms with E-state index in [1.54, 1.807) is 0 Å². The highest BCUT2D eigenvalue weighted by atomic mass is 16.5. The third-order valence-electron chi connectivity index (χ3n) is 6.16. The van der Waals surface area contributed by atoms with Gasteiger partial charge in [-0.2, -0.15) is 0 Å². The fraction of sp³-hybridized carbons (Fsp3) is 0.941. The van der Waals surface area contributed by atoms with Crippen LogP contribution in [0.25, 0.3) is 0 Å². The average Bonchev–Trinajstić information content (AvgIpc) is 3.03. The number of nitrogens with zero attached hydrogens (tertiary/aromatic N) is 1. The molecule has 118 valence electrons. The highest BCUT2D eigenvalue weighted by Gasteiger charge is 2.45. The zero-order valence-electron chi connectivity index (χ0n) is 13.0. The Morgan fingerprint density at radius 2 is 2.00 bits per heavy atom. The molecular weight excluding hydrogens is 264 g/mol. The molecule has 3 heterocycles. The van der Waals surface area contributed by atoms with E-state index in [2.05, 4.69) is 10.2 Å². The van der Waals surface area contributed by atoms with Crippen molar-refractivity contribution >= 4 is 5.91 Å². The Hall–Kier alpha value is -0.610. The van der Waals surface area contributed by atoms with E-state index in [0.717, 1.165) is 38.9 Å². The van der Waals surface area contributed by atoms with Gasteiger partial charge in [-0.3, -0.25) is 4.79 Å². The normalized spacial score (nSPS) is 39.0. The maximum Gasteiger partial charge on any atom is 0.227 e. The van der Waals surface area contributed by atoms with Crippen molar-refractivity contribution < 1.29 is 9.53 Å². The van der Waals surface area contributed by atoms with E-state index in [1.165, 1.54) is 38.5 Å². The first-order chi connectivity index (χ1) is 10.3. The number of rotatable bonds is 2. The predicted molar refractivity (Wildman–Crippen MR) is 81.0 cm³/mol. The lowest BCUT2D eigenvalue weighted by molar-refractivity contribution is -0.134. The van der Waals surface area contributed by atoms with Crippen LogP contribution < -0.4 is 5.32 Å². The third-order valence-corrected chi connectivity index (χ3v) is 6.16. The lowest BCUT2D eigenvalue weighted by Crippen LogP contribution is -2.41. The highest BCUT2D eigenvalue weighted by Crippen LogP contribution is 2.42. The molecule has 0 aromatic carbocycles. The SMILES string of the molecule is O=C1C2CCCNC2CN1CC1CCC2(CCCCC2)O1. The Bertz CT molecular complexity index is 406. The molecule has 21 heavy (non-hydrogen) atoms. The van der Waals surface area contributed by atoms with Gasteiger partial charge in [0, 0.05) is 19.1 Å². The minimum absolute atomic E-state index is 0.177. The van der Waals surface area contributed by atoms with Crippen molar-refractivity contribution in [1.29, 1.82) is 0 Å². The molecule has 1 N–H and O–H groups in total. The molecule has 0 aromatic heterocycles. The molecule has 3 atom stereocenters. The van der Waals surface area contributed by atoms with Crippen LogP contribution in [0.1, 0.15) is 57.8 Å². The number of likely N-dealkylation sites (tertiary alicyclic amines) is 1. The number of carbonyl (C=O) groups is 1. The maximum absolute atomic E-state index is 12.5. The van der Waals surface area contributed by atoms with Crippen LogP contribution in [0.3, 0.4) is 0 Å². The molecule has 1 aliphatic carbocycles. The molecule has 0 aromatic rings. The summed E-state index contributed by atoms with van der Waals surface area (Å²) in [7, 11) is 0. The zero-order valence-corrected chi connectivity index (χ0v) is 13.0. The van der Waals surface area contributed by atoms with Crippen molar-refractivity contribution in [3.63, 3.8) is 0 Å². The average molecular weight is 292 g/mol. The monoisotopic (exact) mass is 292 g/mol. The number of fused-ring (bicyclic) bond motifs is 1. The molecule has 4 heteroatoms. The van der Waals surface area contributed by atoms with Gasteiger partial charge in [0.15, 0.2) is 0 Å². The van der Waals surface area contributed by atoms with E-state index in [1.807, 2.05) is 0 Å². The van der Waals surface area contributed by atoms with Gasteiger partial charge in [-0.1, -0.05) is 19.3 Å². The van der Waals surface area contributed by atoms with E-state index in [-0.39, 0.29) is 17.6 Å². The minimum atomic E-state index is 0.177. The van der Waals surface area contributed by atoms with Crippen molar-refractivity contribution in [2.75, 3.05) is 19.6 Å². The van der Waals surface area contributed by atoms with E-state index >= 15 is 0 Å². The third kappa shape index (κ3) is 2.61. The molecule has 3 saturated heterocycles. The van der Waals surface area contributed by atoms with Gasteiger partial charge in [0.1, 0.15) is 0 Å². The molecule has 1 spiro atoms. The lowest BCUT2D eigenvalue weighted by Gasteiger charge is -2.34. The molecule has 4 rings (SSSR count). The summed E-state index contributed by atoms with van der Waals surface area (Å²) in [4.78, 5) is 14.6. The predicted octanol–water partition coefficient (Wildman–Crippen LogP) is 2.08. The van der Waals surface area contributed by atoms with Crippen molar-refractivity contribution in [2.45, 2.75) is 75.5 Å². The van der Waals surface area contributed by atoms with Crippen LogP contribution in [0.5, 0.6) is 0 Å². The molecule has 1 amide bonds. The second-order valence-corrected chi connectivity index (χ2v) is 7.57. The van der Waals surface area contributed by atoms with Crippen molar-refractivity contribution in [1.82, 2.24) is 10.2 Å². The summed E-state index contributed by atoms with van der Waals surface area (Å²) in [5, 5.41) is 3.52. The van der Waals surface area contributed by atoms with Gasteiger partial charge in [-0.15, -0.1) is 0 Å². The Morgan fingerprint density at radius 3 is 2.81 bits per heavy atom. The highest BCUT2D eigenvalue weighted by molar-refractivity contribution is 5.82. The summed E-state index contributed by atoms with van der Waals surface area (Å²) in [5.41, 5.74) is 0.177. The first-order valence-electron chi connectivity index (χ1n) is 8.96. The fourth-order valence-electron chi connectivity index (χ4n) is 5.00. The molecule has 4 aliphatic rings. The molecule has 3 aliphatic heterocycles. The van der Waals surface area contributed by atoms with Crippen molar-refractivity contribution in [3.8, 4) is 0 Å². The number of piperidine rings is 1. The summed E-state index contributed by atoms with van der Waals surface area (Å²) in [5.74, 6) is 0.615. The van der Waals surface area contributed by atoms with Crippen LogP contribution in [0.2, 0.25) is 0 Å². The topological polar surface area (TPSA) is 41.6 Å². The maximum atomic E-state index is 12.5. The molecule has 4 fully saturated rings. The Kier molecular flexibility index (Phi) is 3.70. The first-order valence-corrected chi connectivity index (χ1v) is 8.96.